The van der Waals surface area contributed by atoms with Crippen LogP contribution in [0.15, 0.2) is 58.1 Å². The van der Waals surface area contributed by atoms with Crippen molar-refractivity contribution in [2.45, 2.75) is 6.92 Å². The lowest BCUT2D eigenvalue weighted by Gasteiger charge is -2.07. The van der Waals surface area contributed by atoms with Crippen LogP contribution in [0.3, 0.4) is 0 Å². The number of halogens is 1. The fourth-order valence-electron chi connectivity index (χ4n) is 1.79. The van der Waals surface area contributed by atoms with Crippen LogP contribution in [0.5, 0.6) is 5.75 Å². The smallest absolute Gasteiger partial charge is 0.259 e. The largest absolute Gasteiger partial charge is 0.494 e. The standard InChI is InChI=1S/C17H18BrN3O2/c1-2-23-16-9-7-15(8-10-16)19-12-17(22)21-20-11-13-3-5-14(18)6-4-13/h3-11,19H,2,12H2,1H3,(H,21,22). The molecule has 6 heteroatoms. The van der Waals surface area contributed by atoms with Gasteiger partial charge in [0.1, 0.15) is 5.75 Å². The van der Waals surface area contributed by atoms with Gasteiger partial charge in [0.25, 0.3) is 5.91 Å². The normalized spacial score (nSPS) is 10.5. The minimum atomic E-state index is -0.216. The number of nitrogens with zero attached hydrogens (tertiary/aromatic N) is 1. The highest BCUT2D eigenvalue weighted by Gasteiger charge is 2.00. The van der Waals surface area contributed by atoms with Crippen molar-refractivity contribution in [3.63, 3.8) is 0 Å². The average Bonchev–Trinajstić information content (AvgIpc) is 2.56. The third-order valence-electron chi connectivity index (χ3n) is 2.89. The Labute approximate surface area is 143 Å². The van der Waals surface area contributed by atoms with Crippen LogP contribution in [0, 0.1) is 0 Å². The molecule has 0 saturated carbocycles. The molecule has 2 N–H and O–H groups in total. The number of carbonyl (C=O) groups is 1. The summed E-state index contributed by atoms with van der Waals surface area (Å²) in [5.74, 6) is 0.592. The summed E-state index contributed by atoms with van der Waals surface area (Å²) in [4.78, 5) is 11.7. The molecule has 2 aromatic rings. The van der Waals surface area contributed by atoms with Crippen LogP contribution in [0.25, 0.3) is 0 Å². The SMILES string of the molecule is CCOc1ccc(NCC(=O)NN=Cc2ccc(Br)cc2)cc1. The number of ether oxygens (including phenoxy) is 1. The zero-order valence-corrected chi connectivity index (χ0v) is 14.3. The highest BCUT2D eigenvalue weighted by Crippen LogP contribution is 2.15. The number of amides is 1. The molecule has 0 bridgehead atoms. The van der Waals surface area contributed by atoms with Crippen LogP contribution in [0.2, 0.25) is 0 Å². The summed E-state index contributed by atoms with van der Waals surface area (Å²) in [7, 11) is 0. The van der Waals surface area contributed by atoms with E-state index in [1.165, 1.54) is 0 Å². The van der Waals surface area contributed by atoms with E-state index < -0.39 is 0 Å². The summed E-state index contributed by atoms with van der Waals surface area (Å²) in [6, 6.07) is 15.1. The fraction of sp³-hybridized carbons (Fsp3) is 0.176. The van der Waals surface area contributed by atoms with Crippen LogP contribution in [0.1, 0.15) is 12.5 Å². The van der Waals surface area contributed by atoms with Gasteiger partial charge in [-0.1, -0.05) is 28.1 Å². The topological polar surface area (TPSA) is 62.7 Å². The Kier molecular flexibility index (Phi) is 6.62. The number of benzene rings is 2. The van der Waals surface area contributed by atoms with Gasteiger partial charge in [-0.3, -0.25) is 4.79 Å². The fourth-order valence-corrected chi connectivity index (χ4v) is 2.05. The molecule has 2 aromatic carbocycles. The Balaban J connectivity index is 1.75. The van der Waals surface area contributed by atoms with E-state index in [4.69, 9.17) is 4.74 Å². The average molecular weight is 376 g/mol. The van der Waals surface area contributed by atoms with Crippen molar-refractivity contribution in [2.75, 3.05) is 18.5 Å². The van der Waals surface area contributed by atoms with Gasteiger partial charge >= 0.3 is 0 Å². The predicted octanol–water partition coefficient (Wildman–Crippen LogP) is 3.41. The Morgan fingerprint density at radius 3 is 2.52 bits per heavy atom. The Bertz CT molecular complexity index is 655. The first kappa shape index (κ1) is 17.0. The van der Waals surface area contributed by atoms with Gasteiger partial charge in [-0.25, -0.2) is 5.43 Å². The molecular formula is C17H18BrN3O2. The third kappa shape index (κ3) is 6.12. The van der Waals surface area contributed by atoms with Crippen molar-refractivity contribution >= 4 is 33.7 Å². The second kappa shape index (κ2) is 8.95. The van der Waals surface area contributed by atoms with Gasteiger partial charge in [0.05, 0.1) is 19.4 Å². The molecule has 0 aliphatic carbocycles. The molecular weight excluding hydrogens is 358 g/mol. The Morgan fingerprint density at radius 2 is 1.87 bits per heavy atom. The molecule has 2 rings (SSSR count). The van der Waals surface area contributed by atoms with Crippen molar-refractivity contribution in [3.8, 4) is 5.75 Å². The van der Waals surface area contributed by atoms with E-state index in [0.29, 0.717) is 6.61 Å². The maximum atomic E-state index is 11.7. The lowest BCUT2D eigenvalue weighted by molar-refractivity contribution is -0.119. The minimum absolute atomic E-state index is 0.145. The monoisotopic (exact) mass is 375 g/mol. The van der Waals surface area contributed by atoms with E-state index in [0.717, 1.165) is 21.5 Å². The Hall–Kier alpha value is -2.34. The number of carbonyl (C=O) groups excluding carboxylic acids is 1. The number of rotatable bonds is 7. The third-order valence-corrected chi connectivity index (χ3v) is 3.42. The molecule has 0 atom stereocenters. The number of hydrogen-bond donors (Lipinski definition) is 2. The zero-order chi connectivity index (χ0) is 16.5. The van der Waals surface area contributed by atoms with Crippen molar-refractivity contribution < 1.29 is 9.53 Å². The first-order valence-electron chi connectivity index (χ1n) is 7.21. The summed E-state index contributed by atoms with van der Waals surface area (Å²) in [6.45, 7) is 2.71. The van der Waals surface area contributed by atoms with E-state index in [-0.39, 0.29) is 12.5 Å². The van der Waals surface area contributed by atoms with Crippen molar-refractivity contribution in [1.29, 1.82) is 0 Å². The summed E-state index contributed by atoms with van der Waals surface area (Å²) >= 11 is 3.36. The lowest BCUT2D eigenvalue weighted by Crippen LogP contribution is -2.25. The molecule has 120 valence electrons. The number of nitrogens with one attached hydrogen (secondary N) is 2. The molecule has 0 fully saturated rings. The Morgan fingerprint density at radius 1 is 1.17 bits per heavy atom. The number of anilines is 1. The van der Waals surface area contributed by atoms with E-state index in [1.54, 1.807) is 6.21 Å². The molecule has 0 spiro atoms. The van der Waals surface area contributed by atoms with Gasteiger partial charge < -0.3 is 10.1 Å². The van der Waals surface area contributed by atoms with Crippen LogP contribution >= 0.6 is 15.9 Å². The number of hydrogen-bond acceptors (Lipinski definition) is 4. The molecule has 0 saturated heterocycles. The first-order chi connectivity index (χ1) is 11.2. The molecule has 0 heterocycles. The maximum absolute atomic E-state index is 11.7. The van der Waals surface area contributed by atoms with Gasteiger partial charge in [-0.15, -0.1) is 0 Å². The summed E-state index contributed by atoms with van der Waals surface area (Å²) < 4.78 is 6.36. The molecule has 0 radical (unpaired) electrons. The maximum Gasteiger partial charge on any atom is 0.259 e. The molecule has 1 amide bonds. The van der Waals surface area contributed by atoms with E-state index >= 15 is 0 Å². The molecule has 0 unspecified atom stereocenters. The van der Waals surface area contributed by atoms with Crippen LogP contribution in [-0.2, 0) is 4.79 Å². The van der Waals surface area contributed by atoms with Crippen LogP contribution < -0.4 is 15.5 Å². The molecule has 23 heavy (non-hydrogen) atoms. The second-order valence-electron chi connectivity index (χ2n) is 4.66. The van der Waals surface area contributed by atoms with Gasteiger partial charge in [0, 0.05) is 10.2 Å². The van der Waals surface area contributed by atoms with Crippen LogP contribution in [0.4, 0.5) is 5.69 Å². The van der Waals surface area contributed by atoms with Gasteiger partial charge in [-0.2, -0.15) is 5.10 Å². The minimum Gasteiger partial charge on any atom is -0.494 e. The second-order valence-corrected chi connectivity index (χ2v) is 5.57. The summed E-state index contributed by atoms with van der Waals surface area (Å²) in [5, 5.41) is 6.94. The van der Waals surface area contributed by atoms with Crippen molar-refractivity contribution in [3.05, 3.63) is 58.6 Å². The van der Waals surface area contributed by atoms with E-state index in [2.05, 4.69) is 31.8 Å². The van der Waals surface area contributed by atoms with Crippen LogP contribution in [-0.4, -0.2) is 25.3 Å². The highest BCUT2D eigenvalue weighted by atomic mass is 79.9. The van der Waals surface area contributed by atoms with Crippen molar-refractivity contribution in [1.82, 2.24) is 5.43 Å². The van der Waals surface area contributed by atoms with E-state index in [9.17, 15) is 4.79 Å². The first-order valence-corrected chi connectivity index (χ1v) is 8.01. The van der Waals surface area contributed by atoms with Gasteiger partial charge in [-0.05, 0) is 48.9 Å². The molecule has 0 aromatic heterocycles. The van der Waals surface area contributed by atoms with Gasteiger partial charge in [0.15, 0.2) is 0 Å². The summed E-state index contributed by atoms with van der Waals surface area (Å²) in [5.41, 5.74) is 4.24. The molecule has 0 aliphatic heterocycles. The van der Waals surface area contributed by atoms with Gasteiger partial charge in [0.2, 0.25) is 0 Å². The highest BCUT2D eigenvalue weighted by molar-refractivity contribution is 9.10. The summed E-state index contributed by atoms with van der Waals surface area (Å²) in [6.07, 6.45) is 1.60. The lowest BCUT2D eigenvalue weighted by atomic mass is 10.2. The number of hydrazone groups is 1. The predicted molar refractivity (Wildman–Crippen MR) is 96.0 cm³/mol. The molecule has 5 nitrogen and oxygen atoms in total. The van der Waals surface area contributed by atoms with Crippen molar-refractivity contribution in [2.24, 2.45) is 5.10 Å². The van der Waals surface area contributed by atoms with E-state index in [1.807, 2.05) is 55.5 Å². The quantitative estimate of drug-likeness (QED) is 0.575. The molecule has 0 aliphatic rings. The zero-order valence-electron chi connectivity index (χ0n) is 12.8.